The van der Waals surface area contributed by atoms with Gasteiger partial charge < -0.3 is 0 Å². The van der Waals surface area contributed by atoms with E-state index < -0.39 is 0 Å². The van der Waals surface area contributed by atoms with E-state index in [2.05, 4.69) is 35.5 Å². The molecule has 0 saturated carbocycles. The van der Waals surface area contributed by atoms with Crippen molar-refractivity contribution in [1.82, 2.24) is 5.32 Å². The summed E-state index contributed by atoms with van der Waals surface area (Å²) in [6, 6.07) is 9.04. The van der Waals surface area contributed by atoms with Gasteiger partial charge in [0.15, 0.2) is 0 Å². The SMILES string of the molecule is C#CC(C)(C)N[C@H]1CCc2ccccc21. The van der Waals surface area contributed by atoms with Crippen molar-refractivity contribution < 1.29 is 0 Å². The Bertz CT molecular complexity index is 398. The van der Waals surface area contributed by atoms with Crippen LogP contribution in [-0.4, -0.2) is 5.54 Å². The van der Waals surface area contributed by atoms with E-state index in [0.717, 1.165) is 12.8 Å². The summed E-state index contributed by atoms with van der Waals surface area (Å²) < 4.78 is 0. The van der Waals surface area contributed by atoms with Crippen molar-refractivity contribution in [2.75, 3.05) is 0 Å². The van der Waals surface area contributed by atoms with Crippen LogP contribution in [-0.2, 0) is 6.42 Å². The number of rotatable bonds is 2. The quantitative estimate of drug-likeness (QED) is 0.722. The maximum Gasteiger partial charge on any atom is 0.0746 e. The molecule has 1 heteroatoms. The standard InChI is InChI=1S/C14H17N/c1-4-14(2,3)15-13-10-9-11-7-5-6-8-12(11)13/h1,5-8,13,15H,9-10H2,2-3H3/t13-/m0/s1. The van der Waals surface area contributed by atoms with Gasteiger partial charge in [0.05, 0.1) is 5.54 Å². The molecule has 1 aromatic rings. The summed E-state index contributed by atoms with van der Waals surface area (Å²) in [5.41, 5.74) is 2.66. The van der Waals surface area contributed by atoms with Gasteiger partial charge in [0.1, 0.15) is 0 Å². The van der Waals surface area contributed by atoms with Crippen LogP contribution in [0.4, 0.5) is 0 Å². The molecule has 1 aliphatic carbocycles. The molecule has 0 fully saturated rings. The average molecular weight is 199 g/mol. The van der Waals surface area contributed by atoms with Crippen LogP contribution in [0.1, 0.15) is 37.4 Å². The third-order valence-electron chi connectivity index (χ3n) is 3.03. The van der Waals surface area contributed by atoms with Gasteiger partial charge in [-0.15, -0.1) is 6.42 Å². The van der Waals surface area contributed by atoms with Crippen LogP contribution >= 0.6 is 0 Å². The molecule has 0 saturated heterocycles. The smallest absolute Gasteiger partial charge is 0.0746 e. The first-order valence-corrected chi connectivity index (χ1v) is 5.46. The average Bonchev–Trinajstić information content (AvgIpc) is 2.62. The lowest BCUT2D eigenvalue weighted by Gasteiger charge is -2.25. The van der Waals surface area contributed by atoms with E-state index in [1.54, 1.807) is 0 Å². The van der Waals surface area contributed by atoms with E-state index in [9.17, 15) is 0 Å². The Morgan fingerprint density at radius 2 is 2.13 bits per heavy atom. The number of terminal acetylenes is 1. The minimum Gasteiger partial charge on any atom is -0.295 e. The zero-order valence-electron chi connectivity index (χ0n) is 9.38. The minimum atomic E-state index is -0.220. The summed E-state index contributed by atoms with van der Waals surface area (Å²) in [6.07, 6.45) is 7.81. The van der Waals surface area contributed by atoms with E-state index in [1.807, 2.05) is 13.8 Å². The lowest BCUT2D eigenvalue weighted by atomic mass is 10.0. The summed E-state index contributed by atoms with van der Waals surface area (Å²) in [5, 5.41) is 3.52. The van der Waals surface area contributed by atoms with Gasteiger partial charge in [0.2, 0.25) is 0 Å². The first-order valence-electron chi connectivity index (χ1n) is 5.46. The summed E-state index contributed by atoms with van der Waals surface area (Å²) in [5.74, 6) is 2.79. The van der Waals surface area contributed by atoms with Crippen molar-refractivity contribution in [3.63, 3.8) is 0 Å². The van der Waals surface area contributed by atoms with Crippen LogP contribution in [0.5, 0.6) is 0 Å². The molecular weight excluding hydrogens is 182 g/mol. The zero-order valence-corrected chi connectivity index (χ0v) is 9.38. The number of benzene rings is 1. The van der Waals surface area contributed by atoms with Gasteiger partial charge in [0, 0.05) is 6.04 Å². The van der Waals surface area contributed by atoms with E-state index >= 15 is 0 Å². The molecule has 78 valence electrons. The molecule has 1 atom stereocenters. The number of hydrogen-bond acceptors (Lipinski definition) is 1. The normalized spacial score (nSPS) is 19.7. The minimum absolute atomic E-state index is 0.220. The van der Waals surface area contributed by atoms with Crippen molar-refractivity contribution >= 4 is 0 Å². The molecule has 0 bridgehead atoms. The maximum atomic E-state index is 5.49. The second-order valence-corrected chi connectivity index (χ2v) is 4.70. The number of nitrogens with one attached hydrogen (secondary N) is 1. The molecule has 1 aromatic carbocycles. The summed E-state index contributed by atoms with van der Waals surface area (Å²) in [4.78, 5) is 0. The van der Waals surface area contributed by atoms with Crippen LogP contribution in [0, 0.1) is 12.3 Å². The molecule has 0 spiro atoms. The van der Waals surface area contributed by atoms with Gasteiger partial charge in [-0.05, 0) is 37.8 Å². The summed E-state index contributed by atoms with van der Waals surface area (Å²) in [7, 11) is 0. The monoisotopic (exact) mass is 199 g/mol. The van der Waals surface area contributed by atoms with Crippen LogP contribution in [0.2, 0.25) is 0 Å². The van der Waals surface area contributed by atoms with Crippen LogP contribution < -0.4 is 5.32 Å². The third-order valence-corrected chi connectivity index (χ3v) is 3.03. The van der Waals surface area contributed by atoms with E-state index in [-0.39, 0.29) is 5.54 Å². The molecule has 2 rings (SSSR count). The number of fused-ring (bicyclic) bond motifs is 1. The predicted octanol–water partition coefficient (Wildman–Crippen LogP) is 2.68. The van der Waals surface area contributed by atoms with E-state index in [0.29, 0.717) is 6.04 Å². The van der Waals surface area contributed by atoms with Gasteiger partial charge in [-0.3, -0.25) is 5.32 Å². The third kappa shape index (κ3) is 2.06. The Hall–Kier alpha value is -1.26. The molecule has 0 aliphatic heterocycles. The Labute approximate surface area is 91.9 Å². The molecule has 0 amide bonds. The Morgan fingerprint density at radius 3 is 2.87 bits per heavy atom. The van der Waals surface area contributed by atoms with Gasteiger partial charge in [-0.1, -0.05) is 30.2 Å². The molecule has 0 aromatic heterocycles. The van der Waals surface area contributed by atoms with Crippen molar-refractivity contribution in [2.45, 2.75) is 38.3 Å². The number of aryl methyl sites for hydroxylation is 1. The van der Waals surface area contributed by atoms with Crippen molar-refractivity contribution in [1.29, 1.82) is 0 Å². The first kappa shape index (κ1) is 10.3. The van der Waals surface area contributed by atoms with Crippen LogP contribution in [0.15, 0.2) is 24.3 Å². The molecule has 15 heavy (non-hydrogen) atoms. The van der Waals surface area contributed by atoms with Crippen LogP contribution in [0.3, 0.4) is 0 Å². The Balaban J connectivity index is 2.19. The number of hydrogen-bond donors (Lipinski definition) is 1. The van der Waals surface area contributed by atoms with Gasteiger partial charge in [0.25, 0.3) is 0 Å². The highest BCUT2D eigenvalue weighted by atomic mass is 15.0. The van der Waals surface area contributed by atoms with Crippen molar-refractivity contribution in [2.24, 2.45) is 0 Å². The molecule has 0 unspecified atom stereocenters. The molecule has 1 N–H and O–H groups in total. The predicted molar refractivity (Wildman–Crippen MR) is 63.6 cm³/mol. The zero-order chi connectivity index (χ0) is 10.9. The fraction of sp³-hybridized carbons (Fsp3) is 0.429. The fourth-order valence-corrected chi connectivity index (χ4v) is 2.18. The Kier molecular flexibility index (Phi) is 2.54. The van der Waals surface area contributed by atoms with E-state index in [1.165, 1.54) is 11.1 Å². The lowest BCUT2D eigenvalue weighted by Crippen LogP contribution is -2.39. The summed E-state index contributed by atoms with van der Waals surface area (Å²) >= 11 is 0. The second-order valence-electron chi connectivity index (χ2n) is 4.70. The molecular formula is C14H17N. The highest BCUT2D eigenvalue weighted by molar-refractivity contribution is 5.35. The molecule has 0 heterocycles. The second kappa shape index (κ2) is 3.72. The fourth-order valence-electron chi connectivity index (χ4n) is 2.18. The molecule has 1 nitrogen and oxygen atoms in total. The largest absolute Gasteiger partial charge is 0.295 e. The lowest BCUT2D eigenvalue weighted by molar-refractivity contribution is 0.410. The van der Waals surface area contributed by atoms with Crippen molar-refractivity contribution in [3.05, 3.63) is 35.4 Å². The van der Waals surface area contributed by atoms with Crippen molar-refractivity contribution in [3.8, 4) is 12.3 Å². The topological polar surface area (TPSA) is 12.0 Å². The van der Waals surface area contributed by atoms with Gasteiger partial charge >= 0.3 is 0 Å². The highest BCUT2D eigenvalue weighted by Gasteiger charge is 2.26. The van der Waals surface area contributed by atoms with Gasteiger partial charge in [-0.2, -0.15) is 0 Å². The highest BCUT2D eigenvalue weighted by Crippen LogP contribution is 2.31. The van der Waals surface area contributed by atoms with E-state index in [4.69, 9.17) is 6.42 Å². The summed E-state index contributed by atoms with van der Waals surface area (Å²) in [6.45, 7) is 4.10. The molecule has 1 aliphatic rings. The molecule has 0 radical (unpaired) electrons. The maximum absolute atomic E-state index is 5.49. The van der Waals surface area contributed by atoms with Gasteiger partial charge in [-0.25, -0.2) is 0 Å². The first-order chi connectivity index (χ1) is 7.12. The Morgan fingerprint density at radius 1 is 1.40 bits per heavy atom. The van der Waals surface area contributed by atoms with Crippen LogP contribution in [0.25, 0.3) is 0 Å².